The van der Waals surface area contributed by atoms with Crippen LogP contribution >= 0.6 is 22.9 Å². The number of hydrogen-bond acceptors (Lipinski definition) is 9. The third-order valence-electron chi connectivity index (χ3n) is 8.17. The van der Waals surface area contributed by atoms with Gasteiger partial charge in [-0.3, -0.25) is 19.2 Å². The summed E-state index contributed by atoms with van der Waals surface area (Å²) in [5.41, 5.74) is 3.73. The van der Waals surface area contributed by atoms with E-state index in [1.54, 1.807) is 5.51 Å². The van der Waals surface area contributed by atoms with Crippen LogP contribution in [-0.4, -0.2) is 95.3 Å². The average Bonchev–Trinajstić information content (AvgIpc) is 3.61. The van der Waals surface area contributed by atoms with E-state index in [0.717, 1.165) is 47.6 Å². The SMILES string of the molecule is Cc1ncsc1-c1ccc(C(C)NC(=O)[C@@H]2C[C@@H](O)CN2C(=O)C(NC(=O)COCC2CCNCC2)C(C)(C)C)cc1Cl.O=CO. The van der Waals surface area contributed by atoms with E-state index in [-0.39, 0.29) is 37.9 Å². The molecule has 2 saturated heterocycles. The molecule has 2 aliphatic heterocycles. The van der Waals surface area contributed by atoms with E-state index in [1.807, 2.05) is 52.8 Å². The molecule has 2 aliphatic rings. The van der Waals surface area contributed by atoms with Gasteiger partial charge in [0.15, 0.2) is 0 Å². The van der Waals surface area contributed by atoms with Gasteiger partial charge in [0.25, 0.3) is 6.47 Å². The van der Waals surface area contributed by atoms with Gasteiger partial charge in [0.05, 0.1) is 34.8 Å². The van der Waals surface area contributed by atoms with Crippen LogP contribution in [0.25, 0.3) is 10.4 Å². The molecule has 0 aliphatic carbocycles. The molecule has 2 aromatic rings. The quantitative estimate of drug-likeness (QED) is 0.237. The van der Waals surface area contributed by atoms with Crippen LogP contribution in [-0.2, 0) is 23.9 Å². The van der Waals surface area contributed by atoms with Gasteiger partial charge >= 0.3 is 0 Å². The maximum Gasteiger partial charge on any atom is 0.290 e. The molecule has 46 heavy (non-hydrogen) atoms. The maximum absolute atomic E-state index is 13.8. The highest BCUT2D eigenvalue weighted by Crippen LogP contribution is 2.35. The van der Waals surface area contributed by atoms with Crippen molar-refractivity contribution in [3.8, 4) is 10.4 Å². The lowest BCUT2D eigenvalue weighted by atomic mass is 9.85. The van der Waals surface area contributed by atoms with Gasteiger partial charge in [-0.1, -0.05) is 44.5 Å². The summed E-state index contributed by atoms with van der Waals surface area (Å²) in [5, 5.41) is 27.1. The number of benzene rings is 1. The number of aryl methyl sites for hydroxylation is 1. The maximum atomic E-state index is 13.8. The number of aliphatic hydroxyl groups is 1. The van der Waals surface area contributed by atoms with E-state index in [9.17, 15) is 19.5 Å². The van der Waals surface area contributed by atoms with Gasteiger partial charge in [-0.2, -0.15) is 0 Å². The monoisotopic (exact) mass is 679 g/mol. The molecule has 0 spiro atoms. The second-order valence-corrected chi connectivity index (χ2v) is 14.1. The molecule has 2 fully saturated rings. The van der Waals surface area contributed by atoms with Crippen molar-refractivity contribution in [2.45, 2.75) is 78.1 Å². The molecule has 3 amide bonds. The van der Waals surface area contributed by atoms with E-state index >= 15 is 0 Å². The number of carbonyl (C=O) groups is 4. The van der Waals surface area contributed by atoms with Gasteiger partial charge in [0.1, 0.15) is 18.7 Å². The summed E-state index contributed by atoms with van der Waals surface area (Å²) in [4.78, 5) is 55.2. The Balaban J connectivity index is 0.00000185. The molecule has 0 bridgehead atoms. The van der Waals surface area contributed by atoms with Gasteiger partial charge in [-0.25, -0.2) is 4.98 Å². The Morgan fingerprint density at radius 3 is 2.50 bits per heavy atom. The van der Waals surface area contributed by atoms with Crippen LogP contribution < -0.4 is 16.0 Å². The predicted octanol–water partition coefficient (Wildman–Crippen LogP) is 3.16. The second-order valence-electron chi connectivity index (χ2n) is 12.8. The van der Waals surface area contributed by atoms with Crippen molar-refractivity contribution >= 4 is 47.1 Å². The van der Waals surface area contributed by atoms with Crippen LogP contribution in [0.5, 0.6) is 0 Å². The molecule has 5 N–H and O–H groups in total. The summed E-state index contributed by atoms with van der Waals surface area (Å²) >= 11 is 8.13. The molecule has 1 aromatic carbocycles. The smallest absolute Gasteiger partial charge is 0.290 e. The summed E-state index contributed by atoms with van der Waals surface area (Å²) in [5.74, 6) is -0.750. The third kappa shape index (κ3) is 10.2. The number of β-amino-alcohol motifs (C(OH)–C–C–N with tert-alkyl or cyclic N) is 1. The number of amides is 3. The van der Waals surface area contributed by atoms with Gasteiger partial charge < -0.3 is 35.8 Å². The van der Waals surface area contributed by atoms with Crippen LogP contribution in [0.15, 0.2) is 23.7 Å². The van der Waals surface area contributed by atoms with Gasteiger partial charge in [0.2, 0.25) is 17.7 Å². The number of thiazole rings is 1. The number of nitrogens with zero attached hydrogens (tertiary/aromatic N) is 2. The van der Waals surface area contributed by atoms with Crippen molar-refractivity contribution < 1.29 is 34.1 Å². The van der Waals surface area contributed by atoms with Crippen molar-refractivity contribution in [2.24, 2.45) is 11.3 Å². The van der Waals surface area contributed by atoms with Crippen molar-refractivity contribution in [3.05, 3.63) is 40.0 Å². The Bertz CT molecular complexity index is 1340. The molecule has 4 atom stereocenters. The normalized spacial score (nSPS) is 19.8. The first-order chi connectivity index (χ1) is 21.8. The van der Waals surface area contributed by atoms with Crippen LogP contribution in [0.1, 0.15) is 64.3 Å². The summed E-state index contributed by atoms with van der Waals surface area (Å²) in [6.45, 7) is 11.4. The first kappa shape index (κ1) is 37.4. The lowest BCUT2D eigenvalue weighted by molar-refractivity contribution is -0.144. The van der Waals surface area contributed by atoms with Crippen molar-refractivity contribution in [1.82, 2.24) is 25.8 Å². The molecule has 254 valence electrons. The molecule has 2 unspecified atom stereocenters. The van der Waals surface area contributed by atoms with Crippen molar-refractivity contribution in [3.63, 3.8) is 0 Å². The van der Waals surface area contributed by atoms with E-state index in [4.69, 9.17) is 26.2 Å². The number of nitrogens with one attached hydrogen (secondary N) is 3. The minimum atomic E-state index is -0.901. The fourth-order valence-electron chi connectivity index (χ4n) is 5.63. The van der Waals surface area contributed by atoms with Crippen LogP contribution in [0, 0.1) is 18.3 Å². The molecule has 0 radical (unpaired) electrons. The third-order valence-corrected chi connectivity index (χ3v) is 9.45. The lowest BCUT2D eigenvalue weighted by Crippen LogP contribution is -2.58. The fraction of sp³-hybridized carbons (Fsp3) is 0.594. The van der Waals surface area contributed by atoms with Crippen LogP contribution in [0.4, 0.5) is 0 Å². The largest absolute Gasteiger partial charge is 0.483 e. The molecule has 1 aromatic heterocycles. The fourth-order valence-corrected chi connectivity index (χ4v) is 6.81. The van der Waals surface area contributed by atoms with Crippen LogP contribution in [0.3, 0.4) is 0 Å². The first-order valence-electron chi connectivity index (χ1n) is 15.4. The molecule has 0 saturated carbocycles. The Morgan fingerprint density at radius 2 is 1.91 bits per heavy atom. The number of hydrogen-bond donors (Lipinski definition) is 5. The average molecular weight is 680 g/mol. The summed E-state index contributed by atoms with van der Waals surface area (Å²) in [7, 11) is 0. The number of carboxylic acid groups (broad SMARTS) is 1. The van der Waals surface area contributed by atoms with Crippen molar-refractivity contribution in [1.29, 1.82) is 0 Å². The molecular formula is C32H46ClN5O7S. The number of piperidine rings is 1. The number of rotatable bonds is 10. The highest BCUT2D eigenvalue weighted by Gasteiger charge is 2.44. The van der Waals surface area contributed by atoms with E-state index in [0.29, 0.717) is 17.5 Å². The zero-order chi connectivity index (χ0) is 34.0. The minimum Gasteiger partial charge on any atom is -0.483 e. The Labute approximate surface area is 279 Å². The highest BCUT2D eigenvalue weighted by atomic mass is 35.5. The topological polar surface area (TPSA) is 170 Å². The number of likely N-dealkylation sites (tertiary alicyclic amines) is 1. The number of halogens is 1. The van der Waals surface area contributed by atoms with Gasteiger partial charge in [-0.05, 0) is 62.7 Å². The summed E-state index contributed by atoms with van der Waals surface area (Å²) < 4.78 is 5.68. The zero-order valence-corrected chi connectivity index (χ0v) is 28.6. The Kier molecular flexibility index (Phi) is 13.9. The molecule has 4 rings (SSSR count). The second kappa shape index (κ2) is 17.2. The van der Waals surface area contributed by atoms with E-state index in [2.05, 4.69) is 20.9 Å². The molecule has 12 nitrogen and oxygen atoms in total. The Hall–Kier alpha value is -3.10. The molecular weight excluding hydrogens is 634 g/mol. The highest BCUT2D eigenvalue weighted by molar-refractivity contribution is 7.13. The Morgan fingerprint density at radius 1 is 1.24 bits per heavy atom. The zero-order valence-electron chi connectivity index (χ0n) is 27.0. The van der Waals surface area contributed by atoms with Crippen LogP contribution in [0.2, 0.25) is 5.02 Å². The standard InChI is InChI=1S/C31H44ClN5O5S.CH2O2/c1-18(21-6-7-23(24(32)12-21)27-19(2)34-17-43-27)35-29(40)25-13-22(38)14-37(25)30(41)28(31(3,4)5)36-26(39)16-42-15-20-8-10-33-11-9-20;2-1-3/h6-7,12,17-18,20,22,25,28,33,38H,8-11,13-16H2,1-5H3,(H,35,40)(H,36,39);1H,(H,2,3)/t18?,22-,25+,28?;/m1./s1. The minimum absolute atomic E-state index is 0.00862. The van der Waals surface area contributed by atoms with Gasteiger partial charge in [0, 0.05) is 23.6 Å². The summed E-state index contributed by atoms with van der Waals surface area (Å²) in [6, 6.07) is 3.48. The van der Waals surface area contributed by atoms with E-state index in [1.165, 1.54) is 16.2 Å². The van der Waals surface area contributed by atoms with E-state index < -0.39 is 35.6 Å². The predicted molar refractivity (Wildman–Crippen MR) is 176 cm³/mol. The van der Waals surface area contributed by atoms with Gasteiger partial charge in [-0.15, -0.1) is 11.3 Å². The number of aromatic nitrogens is 1. The number of carbonyl (C=O) groups excluding carboxylic acids is 3. The number of aliphatic hydroxyl groups excluding tert-OH is 1. The lowest BCUT2D eigenvalue weighted by Gasteiger charge is -2.35. The van der Waals surface area contributed by atoms with Crippen molar-refractivity contribution in [2.75, 3.05) is 32.8 Å². The summed E-state index contributed by atoms with van der Waals surface area (Å²) in [6.07, 6.45) is 1.28. The molecule has 14 heteroatoms. The molecule has 3 heterocycles. The first-order valence-corrected chi connectivity index (χ1v) is 16.7. The number of ether oxygens (including phenoxy) is 1.